The average Bonchev–Trinajstić information content (AvgIpc) is 3.62. The van der Waals surface area contributed by atoms with Crippen LogP contribution in [0.5, 0.6) is 0 Å². The topological polar surface area (TPSA) is 66.6 Å². The molecule has 2 aromatic heterocycles. The SMILES string of the molecule is N=C(/C(=C1\NC(c2ccccc2)=Cc2ccccc21)c1ccccc1)c1cccc(-c2cc(-c3ccccc3)nc(-n3c4ccccc4c4ccccc43)n2)c1. The Balaban J connectivity index is 1.15. The highest BCUT2D eigenvalue weighted by atomic mass is 15.2. The molecule has 7 aromatic carbocycles. The van der Waals surface area contributed by atoms with Gasteiger partial charge in [-0.2, -0.15) is 0 Å². The molecule has 0 amide bonds. The van der Waals surface area contributed by atoms with Gasteiger partial charge >= 0.3 is 0 Å². The smallest absolute Gasteiger partial charge is 0.235 e. The predicted octanol–water partition coefficient (Wildman–Crippen LogP) is 11.9. The van der Waals surface area contributed by atoms with Crippen LogP contribution in [0.15, 0.2) is 194 Å². The van der Waals surface area contributed by atoms with E-state index in [4.69, 9.17) is 9.97 Å². The number of hydrogen-bond acceptors (Lipinski definition) is 4. The van der Waals surface area contributed by atoms with Gasteiger partial charge in [-0.1, -0.05) is 170 Å². The van der Waals surface area contributed by atoms with Crippen molar-refractivity contribution in [2.45, 2.75) is 0 Å². The molecule has 0 saturated heterocycles. The number of nitrogens with one attached hydrogen (secondary N) is 2. The Morgan fingerprint density at radius 2 is 1.02 bits per heavy atom. The van der Waals surface area contributed by atoms with Crippen molar-refractivity contribution in [1.29, 1.82) is 5.41 Å². The van der Waals surface area contributed by atoms with Crippen LogP contribution in [0.25, 0.3) is 73.3 Å². The lowest BCUT2D eigenvalue weighted by Crippen LogP contribution is -2.20. The van der Waals surface area contributed by atoms with E-state index >= 15 is 0 Å². The molecule has 1 aliphatic rings. The van der Waals surface area contributed by atoms with E-state index in [1.165, 1.54) is 0 Å². The van der Waals surface area contributed by atoms with E-state index in [9.17, 15) is 5.41 Å². The second-order valence-electron chi connectivity index (χ2n) is 13.9. The van der Waals surface area contributed by atoms with Crippen LogP contribution in [0.3, 0.4) is 0 Å². The average molecular weight is 718 g/mol. The second-order valence-corrected chi connectivity index (χ2v) is 13.9. The molecule has 0 unspecified atom stereocenters. The van der Waals surface area contributed by atoms with Crippen LogP contribution < -0.4 is 5.32 Å². The molecule has 264 valence electrons. The number of para-hydroxylation sites is 2. The second kappa shape index (κ2) is 14.0. The third-order valence-electron chi connectivity index (χ3n) is 10.4. The van der Waals surface area contributed by atoms with E-state index in [1.807, 2.05) is 54.6 Å². The summed E-state index contributed by atoms with van der Waals surface area (Å²) in [6.45, 7) is 0. The van der Waals surface area contributed by atoms with Gasteiger partial charge in [0.05, 0.1) is 33.8 Å². The Hall–Kier alpha value is -7.63. The lowest BCUT2D eigenvalue weighted by Gasteiger charge is -2.26. The van der Waals surface area contributed by atoms with Gasteiger partial charge in [-0.15, -0.1) is 0 Å². The predicted molar refractivity (Wildman–Crippen MR) is 231 cm³/mol. The molecule has 3 heterocycles. The largest absolute Gasteiger partial charge is 0.354 e. The summed E-state index contributed by atoms with van der Waals surface area (Å²) in [4.78, 5) is 10.5. The summed E-state index contributed by atoms with van der Waals surface area (Å²) in [5.74, 6) is 0.592. The van der Waals surface area contributed by atoms with Gasteiger partial charge in [-0.25, -0.2) is 9.97 Å². The van der Waals surface area contributed by atoms with Gasteiger partial charge in [0.2, 0.25) is 5.95 Å². The Bertz CT molecular complexity index is 2940. The fraction of sp³-hybridized carbons (Fsp3) is 0. The zero-order valence-corrected chi connectivity index (χ0v) is 30.4. The maximum atomic E-state index is 9.99. The first-order valence-corrected chi connectivity index (χ1v) is 18.8. The van der Waals surface area contributed by atoms with E-state index in [1.54, 1.807) is 0 Å². The normalized spacial score (nSPS) is 13.2. The van der Waals surface area contributed by atoms with Crippen molar-refractivity contribution in [1.82, 2.24) is 19.9 Å². The van der Waals surface area contributed by atoms with Crippen molar-refractivity contribution < 1.29 is 0 Å². The number of nitrogens with zero attached hydrogens (tertiary/aromatic N) is 3. The standard InChI is InChI=1S/C51H35N5/c52-49(48(36-21-8-3-9-22-36)50-40-26-11-10-23-37(40)32-43(53-50)34-17-4-1-5-18-34)39-25-16-24-38(31-39)45-33-44(35-19-6-2-7-20-35)54-51(55-45)56-46-29-14-12-27-41(46)42-28-13-15-30-47(42)56/h1-33,52-53H/b50-48-,52-49?. The van der Waals surface area contributed by atoms with E-state index in [-0.39, 0.29) is 0 Å². The molecular weight excluding hydrogens is 683 g/mol. The molecule has 1 aliphatic heterocycles. The first-order chi connectivity index (χ1) is 27.7. The van der Waals surface area contributed by atoms with Crippen LogP contribution in [-0.4, -0.2) is 20.2 Å². The molecule has 5 nitrogen and oxygen atoms in total. The zero-order valence-electron chi connectivity index (χ0n) is 30.4. The fourth-order valence-electron chi connectivity index (χ4n) is 7.79. The molecule has 5 heteroatoms. The van der Waals surface area contributed by atoms with Gasteiger partial charge in [0, 0.05) is 44.3 Å². The molecule has 2 N–H and O–H groups in total. The van der Waals surface area contributed by atoms with Crippen LogP contribution in [0, 0.1) is 5.41 Å². The summed E-state index contributed by atoms with van der Waals surface area (Å²) in [5.41, 5.74) is 13.7. The van der Waals surface area contributed by atoms with Crippen molar-refractivity contribution in [2.24, 2.45) is 0 Å². The van der Waals surface area contributed by atoms with Crippen LogP contribution in [0.2, 0.25) is 0 Å². The molecule has 0 saturated carbocycles. The molecule has 0 fully saturated rings. The monoisotopic (exact) mass is 717 g/mol. The zero-order chi connectivity index (χ0) is 37.4. The molecule has 0 aliphatic carbocycles. The van der Waals surface area contributed by atoms with E-state index in [0.29, 0.717) is 11.7 Å². The minimum atomic E-state index is 0.407. The number of aromatic nitrogens is 3. The van der Waals surface area contributed by atoms with Gasteiger partial charge in [-0.3, -0.25) is 9.98 Å². The van der Waals surface area contributed by atoms with Crippen LogP contribution in [0.1, 0.15) is 27.8 Å². The summed E-state index contributed by atoms with van der Waals surface area (Å²) >= 11 is 0. The van der Waals surface area contributed by atoms with Gasteiger partial charge in [0.1, 0.15) is 0 Å². The summed E-state index contributed by atoms with van der Waals surface area (Å²) in [5, 5.41) is 16.1. The van der Waals surface area contributed by atoms with E-state index < -0.39 is 0 Å². The Kier molecular flexibility index (Phi) is 8.23. The summed E-state index contributed by atoms with van der Waals surface area (Å²) in [6, 6.07) is 66.3. The fourth-order valence-corrected chi connectivity index (χ4v) is 7.79. The van der Waals surface area contributed by atoms with Crippen LogP contribution >= 0.6 is 0 Å². The Morgan fingerprint density at radius 3 is 1.71 bits per heavy atom. The van der Waals surface area contributed by atoms with Crippen molar-refractivity contribution in [3.63, 3.8) is 0 Å². The molecule has 9 aromatic rings. The molecule has 56 heavy (non-hydrogen) atoms. The van der Waals surface area contributed by atoms with Crippen LogP contribution in [-0.2, 0) is 0 Å². The Morgan fingerprint density at radius 1 is 0.482 bits per heavy atom. The lowest BCUT2D eigenvalue weighted by molar-refractivity contribution is 0.995. The van der Waals surface area contributed by atoms with Crippen molar-refractivity contribution >= 4 is 50.6 Å². The van der Waals surface area contributed by atoms with E-state index in [0.717, 1.165) is 89.1 Å². The van der Waals surface area contributed by atoms with Gasteiger partial charge in [0.25, 0.3) is 0 Å². The highest BCUT2D eigenvalue weighted by Gasteiger charge is 2.24. The highest BCUT2D eigenvalue weighted by molar-refractivity contribution is 6.36. The minimum Gasteiger partial charge on any atom is -0.354 e. The molecule has 10 rings (SSSR count). The van der Waals surface area contributed by atoms with Gasteiger partial charge in [0.15, 0.2) is 0 Å². The number of benzene rings is 7. The number of fused-ring (bicyclic) bond motifs is 4. The van der Waals surface area contributed by atoms with Crippen molar-refractivity contribution in [3.8, 4) is 28.5 Å². The first kappa shape index (κ1) is 33.0. The third-order valence-corrected chi connectivity index (χ3v) is 10.4. The number of hydrogen-bond donors (Lipinski definition) is 2. The Labute approximate surface area is 325 Å². The van der Waals surface area contributed by atoms with E-state index in [2.05, 4.69) is 155 Å². The van der Waals surface area contributed by atoms with Gasteiger partial charge in [-0.05, 0) is 47.0 Å². The summed E-state index contributed by atoms with van der Waals surface area (Å²) < 4.78 is 2.16. The van der Waals surface area contributed by atoms with Crippen molar-refractivity contribution in [3.05, 3.63) is 222 Å². The third kappa shape index (κ3) is 5.88. The number of rotatable bonds is 7. The highest BCUT2D eigenvalue weighted by Crippen LogP contribution is 2.37. The minimum absolute atomic E-state index is 0.407. The van der Waals surface area contributed by atoms with Crippen LogP contribution in [0.4, 0.5) is 0 Å². The summed E-state index contributed by atoms with van der Waals surface area (Å²) in [6.07, 6.45) is 2.19. The first-order valence-electron chi connectivity index (χ1n) is 18.8. The maximum absolute atomic E-state index is 9.99. The number of allylic oxidation sites excluding steroid dienone is 1. The molecule has 0 bridgehead atoms. The maximum Gasteiger partial charge on any atom is 0.235 e. The van der Waals surface area contributed by atoms with Gasteiger partial charge < -0.3 is 5.32 Å². The molecule has 0 atom stereocenters. The quantitative estimate of drug-likeness (QED) is 0.161. The molecule has 0 radical (unpaired) electrons. The summed E-state index contributed by atoms with van der Waals surface area (Å²) in [7, 11) is 0. The van der Waals surface area contributed by atoms with Crippen molar-refractivity contribution in [2.75, 3.05) is 0 Å². The molecule has 0 spiro atoms. The lowest BCUT2D eigenvalue weighted by atomic mass is 9.87. The molecular formula is C51H35N5.